The fourth-order valence-electron chi connectivity index (χ4n) is 12.1. The fraction of sp³-hybridized carbons (Fsp3) is 0.860. The molecule has 2 amide bonds. The molecular formula is C43H70N2O6. The number of fused-ring (bicyclic) bond motifs is 5. The number of rotatable bonds is 16. The summed E-state index contributed by atoms with van der Waals surface area (Å²) in [5.41, 5.74) is 2.39. The normalized spacial score (nSPS) is 33.6. The molecule has 9 atom stereocenters. The van der Waals surface area contributed by atoms with E-state index in [9.17, 15) is 19.2 Å². The number of nitrogens with zero attached hydrogens (tertiary/aromatic N) is 1. The van der Waals surface area contributed by atoms with Gasteiger partial charge in [0.25, 0.3) is 0 Å². The van der Waals surface area contributed by atoms with E-state index in [1.807, 2.05) is 0 Å². The molecule has 0 spiro atoms. The Bertz CT molecular complexity index is 1260. The highest BCUT2D eigenvalue weighted by Gasteiger charge is 2.61. The predicted molar refractivity (Wildman–Crippen MR) is 201 cm³/mol. The van der Waals surface area contributed by atoms with Gasteiger partial charge in [0, 0.05) is 25.9 Å². The monoisotopic (exact) mass is 711 g/mol. The molecule has 51 heavy (non-hydrogen) atoms. The van der Waals surface area contributed by atoms with Gasteiger partial charge in [-0.3, -0.25) is 14.4 Å². The summed E-state index contributed by atoms with van der Waals surface area (Å²) in [5, 5.41) is 2.94. The number of esters is 1. The molecule has 288 valence electrons. The number of alkyl carbamates (subject to hydrolysis) is 1. The van der Waals surface area contributed by atoms with Gasteiger partial charge >= 0.3 is 12.1 Å². The van der Waals surface area contributed by atoms with Gasteiger partial charge in [-0.2, -0.15) is 0 Å². The second kappa shape index (κ2) is 17.6. The summed E-state index contributed by atoms with van der Waals surface area (Å²) in [6.45, 7) is 14.7. The molecule has 8 heteroatoms. The third-order valence-corrected chi connectivity index (χ3v) is 14.7. The van der Waals surface area contributed by atoms with E-state index in [0.29, 0.717) is 24.8 Å². The number of amides is 2. The van der Waals surface area contributed by atoms with E-state index in [1.165, 1.54) is 69.1 Å². The van der Waals surface area contributed by atoms with Gasteiger partial charge in [-0.1, -0.05) is 72.0 Å². The van der Waals surface area contributed by atoms with Crippen LogP contribution in [0.15, 0.2) is 11.6 Å². The van der Waals surface area contributed by atoms with E-state index in [1.54, 1.807) is 12.5 Å². The van der Waals surface area contributed by atoms with Gasteiger partial charge in [0.1, 0.15) is 12.0 Å². The first-order valence-electron chi connectivity index (χ1n) is 21.1. The molecule has 1 saturated heterocycles. The van der Waals surface area contributed by atoms with Crippen molar-refractivity contribution in [2.24, 2.45) is 52.3 Å². The number of unbranched alkanes of at least 4 members (excludes halogenated alkanes) is 2. The molecule has 0 bridgehead atoms. The molecule has 1 heterocycles. The highest BCUT2D eigenvalue weighted by atomic mass is 16.6. The minimum Gasteiger partial charge on any atom is -0.465 e. The summed E-state index contributed by atoms with van der Waals surface area (Å²) in [6, 6.07) is 0. The molecule has 0 aromatic carbocycles. The maximum absolute atomic E-state index is 12.8. The molecule has 0 radical (unpaired) electrons. The Labute approximate surface area is 309 Å². The van der Waals surface area contributed by atoms with Crippen LogP contribution in [0.1, 0.15) is 151 Å². The van der Waals surface area contributed by atoms with Crippen LogP contribution in [0.5, 0.6) is 0 Å². The van der Waals surface area contributed by atoms with Crippen molar-refractivity contribution >= 4 is 23.8 Å². The Morgan fingerprint density at radius 3 is 2.47 bits per heavy atom. The standard InChI is InChI=1S/C43H70N2O6/c1-7-42-23-21-32(51-41(49)44-25-12-10-11-16-39(47)45-27-34(38(46)28-45)40(48)50-9-3)26-31(42)17-18-33-36-20-19-35(30(6)15-13-14-29(4)5)43(36,8-2)24-22-37(33)42/h17,29-30,32-37H,7-16,18-28H2,1-6H3,(H,44,49). The first kappa shape index (κ1) is 39.8. The van der Waals surface area contributed by atoms with Gasteiger partial charge in [0.2, 0.25) is 5.91 Å². The first-order valence-corrected chi connectivity index (χ1v) is 21.1. The Morgan fingerprint density at radius 1 is 0.941 bits per heavy atom. The van der Waals surface area contributed by atoms with Crippen LogP contribution in [0.3, 0.4) is 0 Å². The lowest BCUT2D eigenvalue weighted by Gasteiger charge is -2.60. The van der Waals surface area contributed by atoms with Gasteiger partial charge in [-0.15, -0.1) is 0 Å². The molecule has 5 rings (SSSR count). The minimum absolute atomic E-state index is 0.0208. The zero-order chi connectivity index (χ0) is 36.8. The molecule has 4 aliphatic carbocycles. The van der Waals surface area contributed by atoms with E-state index >= 15 is 0 Å². The number of ether oxygens (including phenoxy) is 2. The zero-order valence-electron chi connectivity index (χ0n) is 32.9. The van der Waals surface area contributed by atoms with Crippen molar-refractivity contribution in [2.45, 2.75) is 157 Å². The molecule has 5 aliphatic rings. The van der Waals surface area contributed by atoms with Crippen LogP contribution in [0, 0.1) is 52.3 Å². The maximum Gasteiger partial charge on any atom is 0.407 e. The SMILES string of the molecule is CCOC(=O)C1CN(C(=O)CCCCCNC(=O)OC2CCC3(CC)C(=CCC4C3CCC3(CC)C(C(C)CCCC(C)C)CCC43)C2)CC1=O. The Hall–Kier alpha value is -2.38. The lowest BCUT2D eigenvalue weighted by atomic mass is 9.45. The number of carbonyl (C=O) groups is 4. The zero-order valence-corrected chi connectivity index (χ0v) is 32.9. The van der Waals surface area contributed by atoms with Gasteiger partial charge < -0.3 is 19.7 Å². The molecule has 3 saturated carbocycles. The van der Waals surface area contributed by atoms with Crippen LogP contribution in [-0.2, 0) is 23.9 Å². The highest BCUT2D eigenvalue weighted by Crippen LogP contribution is 2.69. The second-order valence-corrected chi connectivity index (χ2v) is 17.5. The molecule has 8 nitrogen and oxygen atoms in total. The van der Waals surface area contributed by atoms with Gasteiger partial charge in [-0.25, -0.2) is 4.79 Å². The topological polar surface area (TPSA) is 102 Å². The lowest BCUT2D eigenvalue weighted by molar-refractivity contribution is -0.149. The molecule has 0 aromatic heterocycles. The van der Waals surface area contributed by atoms with Crippen molar-refractivity contribution < 1.29 is 28.7 Å². The maximum atomic E-state index is 12.8. The largest absolute Gasteiger partial charge is 0.465 e. The van der Waals surface area contributed by atoms with Crippen LogP contribution in [0.25, 0.3) is 0 Å². The number of allylic oxidation sites excluding steroid dienone is 1. The smallest absolute Gasteiger partial charge is 0.407 e. The third kappa shape index (κ3) is 8.56. The molecule has 1 N–H and O–H groups in total. The summed E-state index contributed by atoms with van der Waals surface area (Å²) in [6.07, 6.45) is 21.2. The van der Waals surface area contributed by atoms with Gasteiger partial charge in [0.05, 0.1) is 13.2 Å². The van der Waals surface area contributed by atoms with Gasteiger partial charge in [0.15, 0.2) is 5.78 Å². The van der Waals surface area contributed by atoms with E-state index in [0.717, 1.165) is 67.6 Å². The average molecular weight is 711 g/mol. The summed E-state index contributed by atoms with van der Waals surface area (Å²) in [7, 11) is 0. The Balaban J connectivity index is 1.05. The Kier molecular flexibility index (Phi) is 13.8. The van der Waals surface area contributed by atoms with Crippen molar-refractivity contribution in [2.75, 3.05) is 26.2 Å². The van der Waals surface area contributed by atoms with E-state index in [2.05, 4.69) is 46.0 Å². The number of nitrogens with one attached hydrogen (secondary N) is 1. The van der Waals surface area contributed by atoms with Gasteiger partial charge in [-0.05, 0) is 124 Å². The Morgan fingerprint density at radius 2 is 1.75 bits per heavy atom. The van der Waals surface area contributed by atoms with E-state index in [-0.39, 0.29) is 49.0 Å². The van der Waals surface area contributed by atoms with Crippen molar-refractivity contribution in [1.29, 1.82) is 0 Å². The van der Waals surface area contributed by atoms with Crippen LogP contribution >= 0.6 is 0 Å². The number of ketones is 1. The third-order valence-electron chi connectivity index (χ3n) is 14.7. The molecule has 0 aromatic rings. The number of Topliss-reactive ketones (excluding diaryl/α,β-unsaturated/α-hetero) is 1. The highest BCUT2D eigenvalue weighted by molar-refractivity contribution is 6.04. The van der Waals surface area contributed by atoms with E-state index in [4.69, 9.17) is 9.47 Å². The van der Waals surface area contributed by atoms with Crippen molar-refractivity contribution in [1.82, 2.24) is 10.2 Å². The molecular weight excluding hydrogens is 640 g/mol. The average Bonchev–Trinajstić information content (AvgIpc) is 3.70. The second-order valence-electron chi connectivity index (χ2n) is 17.5. The van der Waals surface area contributed by atoms with Crippen LogP contribution in [0.4, 0.5) is 4.79 Å². The summed E-state index contributed by atoms with van der Waals surface area (Å²) < 4.78 is 11.0. The predicted octanol–water partition coefficient (Wildman–Crippen LogP) is 9.05. The van der Waals surface area contributed by atoms with Crippen LogP contribution in [-0.4, -0.2) is 61.0 Å². The molecule has 9 unspecified atom stereocenters. The molecule has 4 fully saturated rings. The van der Waals surface area contributed by atoms with Crippen LogP contribution < -0.4 is 5.32 Å². The number of hydrogen-bond acceptors (Lipinski definition) is 6. The number of carbonyl (C=O) groups excluding carboxylic acids is 4. The number of hydrogen-bond donors (Lipinski definition) is 1. The van der Waals surface area contributed by atoms with Crippen molar-refractivity contribution in [3.8, 4) is 0 Å². The summed E-state index contributed by atoms with van der Waals surface area (Å²) in [4.78, 5) is 51.0. The van der Waals surface area contributed by atoms with Crippen molar-refractivity contribution in [3.63, 3.8) is 0 Å². The van der Waals surface area contributed by atoms with Crippen LogP contribution in [0.2, 0.25) is 0 Å². The first-order chi connectivity index (χ1) is 24.5. The van der Waals surface area contributed by atoms with Crippen molar-refractivity contribution in [3.05, 3.63) is 11.6 Å². The summed E-state index contributed by atoms with van der Waals surface area (Å²) in [5.74, 6) is 3.22. The lowest BCUT2D eigenvalue weighted by Crippen LogP contribution is -2.52. The minimum atomic E-state index is -0.857. The summed E-state index contributed by atoms with van der Waals surface area (Å²) >= 11 is 0. The van der Waals surface area contributed by atoms with E-state index < -0.39 is 11.9 Å². The quantitative estimate of drug-likeness (QED) is 0.0743. The fourth-order valence-corrected chi connectivity index (χ4v) is 12.1. The number of likely N-dealkylation sites (tertiary alicyclic amines) is 1. The molecule has 1 aliphatic heterocycles.